The minimum Gasteiger partial charge on any atom is -0.379 e. The number of nitro groups is 1. The second-order valence-corrected chi connectivity index (χ2v) is 4.36. The monoisotopic (exact) mass is 256 g/mol. The Morgan fingerprint density at radius 2 is 2.12 bits per heavy atom. The van der Waals surface area contributed by atoms with Crippen LogP contribution in [0.5, 0.6) is 0 Å². The van der Waals surface area contributed by atoms with Crippen LogP contribution in [0.2, 0.25) is 5.02 Å². The summed E-state index contributed by atoms with van der Waals surface area (Å²) in [6.45, 7) is 4.64. The Kier molecular flexibility index (Phi) is 5.22. The first-order chi connectivity index (χ1) is 8.07. The predicted octanol–water partition coefficient (Wildman–Crippen LogP) is 4.16. The van der Waals surface area contributed by atoms with Crippen LogP contribution < -0.4 is 5.32 Å². The zero-order valence-electron chi connectivity index (χ0n) is 10.1. The summed E-state index contributed by atoms with van der Waals surface area (Å²) in [5, 5.41) is 14.6. The van der Waals surface area contributed by atoms with Crippen molar-refractivity contribution in [2.45, 2.75) is 33.1 Å². The number of halogens is 1. The molecule has 1 aromatic rings. The van der Waals surface area contributed by atoms with Crippen molar-refractivity contribution in [3.05, 3.63) is 32.8 Å². The Balaban J connectivity index is 2.86. The standard InChI is InChI=1S/C12H17ClN2O2/c1-3-4-5-8-14-12-9(2)10(13)6-7-11(12)15(16)17/h6-7,14H,3-5,8H2,1-2H3. The third-order valence-corrected chi connectivity index (χ3v) is 3.07. The first-order valence-corrected chi connectivity index (χ1v) is 6.13. The number of unbranched alkanes of at least 4 members (excludes halogenated alkanes) is 2. The van der Waals surface area contributed by atoms with E-state index in [1.165, 1.54) is 6.07 Å². The molecule has 1 rings (SSSR count). The molecule has 94 valence electrons. The lowest BCUT2D eigenvalue weighted by Crippen LogP contribution is -2.06. The van der Waals surface area contributed by atoms with Gasteiger partial charge in [0.15, 0.2) is 0 Å². The van der Waals surface area contributed by atoms with Gasteiger partial charge in [0.2, 0.25) is 0 Å². The van der Waals surface area contributed by atoms with Gasteiger partial charge >= 0.3 is 0 Å². The summed E-state index contributed by atoms with van der Waals surface area (Å²) in [6.07, 6.45) is 3.23. The van der Waals surface area contributed by atoms with E-state index in [0.717, 1.165) is 31.4 Å². The Hall–Kier alpha value is -1.29. The predicted molar refractivity (Wildman–Crippen MR) is 70.9 cm³/mol. The Morgan fingerprint density at radius 1 is 1.41 bits per heavy atom. The number of hydrogen-bond acceptors (Lipinski definition) is 3. The Morgan fingerprint density at radius 3 is 2.71 bits per heavy atom. The van der Waals surface area contributed by atoms with Crippen molar-refractivity contribution in [3.63, 3.8) is 0 Å². The van der Waals surface area contributed by atoms with Crippen LogP contribution in [-0.4, -0.2) is 11.5 Å². The summed E-state index contributed by atoms with van der Waals surface area (Å²) in [5.74, 6) is 0. The number of rotatable bonds is 6. The van der Waals surface area contributed by atoms with E-state index in [0.29, 0.717) is 10.7 Å². The SMILES string of the molecule is CCCCCNc1c([N+](=O)[O-])ccc(Cl)c1C. The second kappa shape index (κ2) is 6.45. The summed E-state index contributed by atoms with van der Waals surface area (Å²) < 4.78 is 0. The fourth-order valence-electron chi connectivity index (χ4n) is 1.64. The van der Waals surface area contributed by atoms with Gasteiger partial charge in [0, 0.05) is 17.6 Å². The molecule has 0 bridgehead atoms. The molecule has 4 nitrogen and oxygen atoms in total. The number of benzene rings is 1. The largest absolute Gasteiger partial charge is 0.379 e. The van der Waals surface area contributed by atoms with E-state index in [9.17, 15) is 10.1 Å². The maximum absolute atomic E-state index is 10.9. The maximum atomic E-state index is 10.9. The topological polar surface area (TPSA) is 55.2 Å². The molecule has 0 saturated carbocycles. The Labute approximate surface area is 106 Å². The molecule has 1 N–H and O–H groups in total. The van der Waals surface area contributed by atoms with Gasteiger partial charge in [-0.15, -0.1) is 0 Å². The highest BCUT2D eigenvalue weighted by Gasteiger charge is 2.17. The van der Waals surface area contributed by atoms with Crippen molar-refractivity contribution >= 4 is 23.0 Å². The summed E-state index contributed by atoms with van der Waals surface area (Å²) in [6, 6.07) is 3.00. The molecule has 0 aliphatic rings. The zero-order chi connectivity index (χ0) is 12.8. The molecule has 0 unspecified atom stereocenters. The first-order valence-electron chi connectivity index (χ1n) is 5.75. The average molecular weight is 257 g/mol. The molecule has 5 heteroatoms. The van der Waals surface area contributed by atoms with Crippen molar-refractivity contribution in [2.75, 3.05) is 11.9 Å². The molecule has 0 heterocycles. The van der Waals surface area contributed by atoms with Crippen molar-refractivity contribution in [1.29, 1.82) is 0 Å². The van der Waals surface area contributed by atoms with Crippen LogP contribution in [-0.2, 0) is 0 Å². The fourth-order valence-corrected chi connectivity index (χ4v) is 1.79. The van der Waals surface area contributed by atoms with Crippen LogP contribution in [0.3, 0.4) is 0 Å². The van der Waals surface area contributed by atoms with Gasteiger partial charge in [-0.2, -0.15) is 0 Å². The van der Waals surface area contributed by atoms with Crippen LogP contribution >= 0.6 is 11.6 Å². The van der Waals surface area contributed by atoms with Gasteiger partial charge in [-0.25, -0.2) is 0 Å². The van der Waals surface area contributed by atoms with E-state index in [1.807, 2.05) is 0 Å². The molecule has 0 radical (unpaired) electrons. The van der Waals surface area contributed by atoms with E-state index in [4.69, 9.17) is 11.6 Å². The quantitative estimate of drug-likeness (QED) is 0.472. The molecular formula is C12H17ClN2O2. The number of nitro benzene ring substituents is 1. The molecule has 0 aliphatic carbocycles. The molecule has 0 aromatic heterocycles. The lowest BCUT2D eigenvalue weighted by atomic mass is 10.1. The van der Waals surface area contributed by atoms with E-state index >= 15 is 0 Å². The number of nitrogens with zero attached hydrogens (tertiary/aromatic N) is 1. The smallest absolute Gasteiger partial charge is 0.292 e. The lowest BCUT2D eigenvalue weighted by Gasteiger charge is -2.10. The van der Waals surface area contributed by atoms with Crippen LogP contribution in [0.25, 0.3) is 0 Å². The van der Waals surface area contributed by atoms with E-state index in [1.54, 1.807) is 13.0 Å². The van der Waals surface area contributed by atoms with Crippen molar-refractivity contribution in [1.82, 2.24) is 0 Å². The van der Waals surface area contributed by atoms with Gasteiger partial charge in [-0.1, -0.05) is 31.4 Å². The third kappa shape index (κ3) is 3.60. The average Bonchev–Trinajstić information content (AvgIpc) is 2.29. The molecule has 1 aromatic carbocycles. The second-order valence-electron chi connectivity index (χ2n) is 3.96. The Bertz CT molecular complexity index is 408. The zero-order valence-corrected chi connectivity index (χ0v) is 10.9. The highest BCUT2D eigenvalue weighted by molar-refractivity contribution is 6.31. The molecule has 0 fully saturated rings. The number of nitrogens with one attached hydrogen (secondary N) is 1. The van der Waals surface area contributed by atoms with E-state index in [2.05, 4.69) is 12.2 Å². The highest BCUT2D eigenvalue weighted by atomic mass is 35.5. The third-order valence-electron chi connectivity index (χ3n) is 2.66. The summed E-state index contributed by atoms with van der Waals surface area (Å²) in [4.78, 5) is 10.5. The highest BCUT2D eigenvalue weighted by Crippen LogP contribution is 2.32. The van der Waals surface area contributed by atoms with Crippen molar-refractivity contribution in [3.8, 4) is 0 Å². The van der Waals surface area contributed by atoms with Crippen LogP contribution in [0.15, 0.2) is 12.1 Å². The summed E-state index contributed by atoms with van der Waals surface area (Å²) in [7, 11) is 0. The van der Waals surface area contributed by atoms with Crippen molar-refractivity contribution < 1.29 is 4.92 Å². The molecule has 0 aliphatic heterocycles. The van der Waals surface area contributed by atoms with Gasteiger partial charge in [-0.05, 0) is 25.0 Å². The number of hydrogen-bond donors (Lipinski definition) is 1. The number of anilines is 1. The van der Waals surface area contributed by atoms with Gasteiger partial charge < -0.3 is 5.32 Å². The minimum atomic E-state index is -0.383. The van der Waals surface area contributed by atoms with E-state index in [-0.39, 0.29) is 10.6 Å². The normalized spacial score (nSPS) is 10.3. The van der Waals surface area contributed by atoms with Crippen LogP contribution in [0, 0.1) is 17.0 Å². The van der Waals surface area contributed by atoms with Crippen molar-refractivity contribution in [2.24, 2.45) is 0 Å². The van der Waals surface area contributed by atoms with Gasteiger partial charge in [0.05, 0.1) is 4.92 Å². The summed E-state index contributed by atoms with van der Waals surface area (Å²) >= 11 is 5.97. The minimum absolute atomic E-state index is 0.0865. The molecule has 17 heavy (non-hydrogen) atoms. The van der Waals surface area contributed by atoms with Crippen LogP contribution in [0.1, 0.15) is 31.7 Å². The van der Waals surface area contributed by atoms with Gasteiger partial charge in [0.25, 0.3) is 5.69 Å². The molecular weight excluding hydrogens is 240 g/mol. The lowest BCUT2D eigenvalue weighted by molar-refractivity contribution is -0.384. The van der Waals surface area contributed by atoms with Gasteiger partial charge in [-0.3, -0.25) is 10.1 Å². The van der Waals surface area contributed by atoms with Gasteiger partial charge in [0.1, 0.15) is 5.69 Å². The molecule has 0 spiro atoms. The molecule has 0 atom stereocenters. The molecule has 0 amide bonds. The maximum Gasteiger partial charge on any atom is 0.292 e. The fraction of sp³-hybridized carbons (Fsp3) is 0.500. The summed E-state index contributed by atoms with van der Waals surface area (Å²) in [5.41, 5.74) is 1.36. The first kappa shape index (κ1) is 13.8. The van der Waals surface area contributed by atoms with E-state index < -0.39 is 0 Å². The molecule has 0 saturated heterocycles. The van der Waals surface area contributed by atoms with Crippen LogP contribution in [0.4, 0.5) is 11.4 Å².